The molecule has 0 saturated carbocycles. The average molecular weight is 396 g/mol. The highest BCUT2D eigenvalue weighted by Crippen LogP contribution is 2.19. The van der Waals surface area contributed by atoms with Crippen molar-refractivity contribution in [3.8, 4) is 17.3 Å². The van der Waals surface area contributed by atoms with Crippen LogP contribution in [0.5, 0.6) is 5.75 Å². The van der Waals surface area contributed by atoms with Gasteiger partial charge < -0.3 is 14.6 Å². The minimum Gasteiger partial charge on any atom is -0.492 e. The number of fused-ring (bicyclic) bond motifs is 1. The van der Waals surface area contributed by atoms with Crippen LogP contribution in [0, 0.1) is 0 Å². The van der Waals surface area contributed by atoms with Crippen LogP contribution in [-0.4, -0.2) is 32.5 Å². The molecule has 140 valence electrons. The second kappa shape index (κ2) is 9.62. The molecule has 0 unspecified atom stereocenters. The summed E-state index contributed by atoms with van der Waals surface area (Å²) in [5.74, 6) is 1.78. The molecule has 1 N–H and O–H groups in total. The molecule has 1 aliphatic heterocycles. The summed E-state index contributed by atoms with van der Waals surface area (Å²) in [5, 5.41) is 8.15. The summed E-state index contributed by atoms with van der Waals surface area (Å²) in [6.07, 6.45) is 4.90. The van der Waals surface area contributed by atoms with Gasteiger partial charge in [0.1, 0.15) is 18.1 Å². The lowest BCUT2D eigenvalue weighted by atomic mass is 10.3. The number of hydrogen-bond acceptors (Lipinski definition) is 4. The zero-order valence-corrected chi connectivity index (χ0v) is 16.0. The summed E-state index contributed by atoms with van der Waals surface area (Å²) < 4.78 is 9.97. The maximum atomic E-state index is 5.78. The van der Waals surface area contributed by atoms with Gasteiger partial charge in [-0.1, -0.05) is 18.2 Å². The molecular weight excluding hydrogens is 373 g/mol. The highest BCUT2D eigenvalue weighted by Gasteiger charge is 2.15. The summed E-state index contributed by atoms with van der Waals surface area (Å²) in [7, 11) is 0. The largest absolute Gasteiger partial charge is 0.492 e. The topological polar surface area (TPSA) is 56.9 Å². The Hall–Kier alpha value is -2.02. The molecular formula is C18H23Cl2N5O. The van der Waals surface area contributed by atoms with Gasteiger partial charge in [0.05, 0.1) is 12.2 Å². The lowest BCUT2D eigenvalue weighted by Crippen LogP contribution is -2.11. The molecule has 0 atom stereocenters. The van der Waals surface area contributed by atoms with Gasteiger partial charge in [-0.2, -0.15) is 5.10 Å². The predicted octanol–water partition coefficient (Wildman–Crippen LogP) is 3.16. The third-order valence-corrected chi connectivity index (χ3v) is 4.18. The van der Waals surface area contributed by atoms with E-state index in [1.807, 2.05) is 42.7 Å². The van der Waals surface area contributed by atoms with Gasteiger partial charge in [0.25, 0.3) is 0 Å². The number of para-hydroxylation sites is 1. The molecule has 0 saturated heterocycles. The van der Waals surface area contributed by atoms with Gasteiger partial charge in [0.2, 0.25) is 0 Å². The first-order chi connectivity index (χ1) is 11.9. The van der Waals surface area contributed by atoms with Gasteiger partial charge in [-0.05, 0) is 31.2 Å². The number of rotatable bonds is 5. The molecule has 0 amide bonds. The molecule has 3 aromatic rings. The van der Waals surface area contributed by atoms with E-state index in [0.717, 1.165) is 49.9 Å². The van der Waals surface area contributed by atoms with Crippen LogP contribution >= 0.6 is 24.8 Å². The van der Waals surface area contributed by atoms with E-state index < -0.39 is 0 Å². The monoisotopic (exact) mass is 395 g/mol. The molecule has 0 spiro atoms. The molecule has 0 bridgehead atoms. The van der Waals surface area contributed by atoms with Crippen molar-refractivity contribution in [1.82, 2.24) is 24.6 Å². The number of nitrogens with zero attached hydrogens (tertiary/aromatic N) is 4. The normalized spacial score (nSPS) is 13.1. The third kappa shape index (κ3) is 4.58. The van der Waals surface area contributed by atoms with Crippen molar-refractivity contribution in [3.05, 3.63) is 54.5 Å². The predicted molar refractivity (Wildman–Crippen MR) is 106 cm³/mol. The van der Waals surface area contributed by atoms with Gasteiger partial charge in [-0.25, -0.2) is 4.98 Å². The van der Waals surface area contributed by atoms with Crippen LogP contribution in [0.25, 0.3) is 11.5 Å². The molecule has 0 radical (unpaired) electrons. The number of benzene rings is 1. The summed E-state index contributed by atoms with van der Waals surface area (Å²) >= 11 is 0. The fourth-order valence-corrected chi connectivity index (χ4v) is 2.97. The zero-order chi connectivity index (χ0) is 16.2. The Balaban J connectivity index is 0.00000121. The van der Waals surface area contributed by atoms with Gasteiger partial charge in [-0.15, -0.1) is 24.8 Å². The van der Waals surface area contributed by atoms with Crippen LogP contribution in [0.15, 0.2) is 48.8 Å². The second-order valence-electron chi connectivity index (χ2n) is 5.88. The summed E-state index contributed by atoms with van der Waals surface area (Å²) in [4.78, 5) is 4.49. The molecule has 0 aliphatic carbocycles. The van der Waals surface area contributed by atoms with Crippen LogP contribution in [0.4, 0.5) is 0 Å². The summed E-state index contributed by atoms with van der Waals surface area (Å²) in [6, 6.07) is 12.0. The van der Waals surface area contributed by atoms with Crippen molar-refractivity contribution >= 4 is 24.8 Å². The number of aromatic nitrogens is 4. The molecule has 6 nitrogen and oxygen atoms in total. The third-order valence-electron chi connectivity index (χ3n) is 4.18. The zero-order valence-electron chi connectivity index (χ0n) is 14.4. The van der Waals surface area contributed by atoms with Gasteiger partial charge in [-0.3, -0.25) is 4.68 Å². The van der Waals surface area contributed by atoms with E-state index in [4.69, 9.17) is 9.84 Å². The Morgan fingerprint density at radius 1 is 1.15 bits per heavy atom. The molecule has 1 aliphatic rings. The fourth-order valence-electron chi connectivity index (χ4n) is 2.97. The first kappa shape index (κ1) is 20.3. The van der Waals surface area contributed by atoms with Crippen LogP contribution in [0.3, 0.4) is 0 Å². The quantitative estimate of drug-likeness (QED) is 0.720. The van der Waals surface area contributed by atoms with Crippen molar-refractivity contribution in [3.63, 3.8) is 0 Å². The first-order valence-corrected chi connectivity index (χ1v) is 8.37. The average Bonchev–Trinajstić information content (AvgIpc) is 3.17. The second-order valence-corrected chi connectivity index (χ2v) is 5.88. The Bertz CT molecular complexity index is 780. The minimum atomic E-state index is 0. The Kier molecular flexibility index (Phi) is 7.50. The molecule has 1 aromatic carbocycles. The van der Waals surface area contributed by atoms with E-state index >= 15 is 0 Å². The van der Waals surface area contributed by atoms with E-state index in [0.29, 0.717) is 6.61 Å². The lowest BCUT2D eigenvalue weighted by molar-refractivity contribution is 0.299. The van der Waals surface area contributed by atoms with Crippen molar-refractivity contribution in [2.45, 2.75) is 26.1 Å². The van der Waals surface area contributed by atoms with E-state index in [9.17, 15) is 0 Å². The number of hydrogen-bond donors (Lipinski definition) is 1. The number of ether oxygens (including phenoxy) is 1. The molecule has 2 aromatic heterocycles. The summed E-state index contributed by atoms with van der Waals surface area (Å²) in [6.45, 7) is 4.21. The molecule has 26 heavy (non-hydrogen) atoms. The van der Waals surface area contributed by atoms with Crippen LogP contribution in [0.1, 0.15) is 12.1 Å². The van der Waals surface area contributed by atoms with E-state index in [1.165, 1.54) is 5.69 Å². The van der Waals surface area contributed by atoms with Gasteiger partial charge >= 0.3 is 0 Å². The van der Waals surface area contributed by atoms with Gasteiger partial charge in [0.15, 0.2) is 5.82 Å². The highest BCUT2D eigenvalue weighted by atomic mass is 35.5. The standard InChI is InChI=1S/C18H21N5O.2ClH/c1-2-5-16(6-3-1)24-12-11-22-10-8-20-18(22)17-13-15-14-19-7-4-9-23(15)21-17;;/h1-3,5-6,8,10,13,19H,4,7,9,11-12,14H2;2*1H. The minimum absolute atomic E-state index is 0. The fraction of sp³-hybridized carbons (Fsp3) is 0.333. The van der Waals surface area contributed by atoms with Crippen LogP contribution in [-0.2, 0) is 19.6 Å². The Morgan fingerprint density at radius 2 is 2.00 bits per heavy atom. The molecule has 0 fully saturated rings. The van der Waals surface area contributed by atoms with Crippen molar-refractivity contribution in [2.75, 3.05) is 13.2 Å². The smallest absolute Gasteiger partial charge is 0.160 e. The molecule has 3 heterocycles. The lowest BCUT2D eigenvalue weighted by Gasteiger charge is -2.08. The van der Waals surface area contributed by atoms with Crippen LogP contribution in [0.2, 0.25) is 0 Å². The van der Waals surface area contributed by atoms with Crippen LogP contribution < -0.4 is 10.1 Å². The molecule has 4 rings (SSSR count). The number of aryl methyl sites for hydroxylation is 1. The SMILES string of the molecule is Cl.Cl.c1ccc(OCCn2ccnc2-c2cc3n(n2)CCCNC3)cc1. The maximum absolute atomic E-state index is 5.78. The van der Waals surface area contributed by atoms with E-state index in [-0.39, 0.29) is 24.8 Å². The van der Waals surface area contributed by atoms with Crippen molar-refractivity contribution in [2.24, 2.45) is 0 Å². The number of halogens is 2. The molecule has 8 heteroatoms. The Morgan fingerprint density at radius 3 is 2.85 bits per heavy atom. The number of nitrogens with one attached hydrogen (secondary N) is 1. The maximum Gasteiger partial charge on any atom is 0.160 e. The van der Waals surface area contributed by atoms with Crippen molar-refractivity contribution < 1.29 is 4.74 Å². The first-order valence-electron chi connectivity index (χ1n) is 8.37. The Labute approximate surface area is 165 Å². The van der Waals surface area contributed by atoms with Crippen molar-refractivity contribution in [1.29, 1.82) is 0 Å². The van der Waals surface area contributed by atoms with E-state index in [2.05, 4.69) is 25.6 Å². The number of imidazole rings is 1. The summed E-state index contributed by atoms with van der Waals surface area (Å²) in [5.41, 5.74) is 2.15. The van der Waals surface area contributed by atoms with Gasteiger partial charge in [0, 0.05) is 25.5 Å². The highest BCUT2D eigenvalue weighted by molar-refractivity contribution is 5.85. The van der Waals surface area contributed by atoms with E-state index in [1.54, 1.807) is 0 Å².